The summed E-state index contributed by atoms with van der Waals surface area (Å²) in [6.07, 6.45) is 3.93. The molecule has 0 fully saturated rings. The molecule has 0 unspecified atom stereocenters. The fraction of sp³-hybridized carbons (Fsp3) is 0.312. The van der Waals surface area contributed by atoms with Gasteiger partial charge in [-0.3, -0.25) is 33.7 Å². The smallest absolute Gasteiger partial charge is 0.350 e. The standard InChI is InChI=1S/C16H19N9O5/c1-9-10(5-17-22(9)2)20-15(27)14-11(6-18-23(14)3)19-13(26)8-24-7-12(25(28)29)16(21-24)30-4/h5-7H,8H2,1-4H3,(H,19,26)(H,20,27). The average molecular weight is 417 g/mol. The largest absolute Gasteiger partial charge is 0.475 e. The van der Waals surface area contributed by atoms with Crippen LogP contribution < -0.4 is 15.4 Å². The highest BCUT2D eigenvalue weighted by Crippen LogP contribution is 2.24. The maximum Gasteiger partial charge on any atom is 0.350 e. The number of carbonyl (C=O) groups is 2. The molecule has 0 atom stereocenters. The summed E-state index contributed by atoms with van der Waals surface area (Å²) in [5, 5.41) is 28.2. The van der Waals surface area contributed by atoms with E-state index in [1.807, 2.05) is 0 Å². The highest BCUT2D eigenvalue weighted by Gasteiger charge is 2.23. The van der Waals surface area contributed by atoms with Gasteiger partial charge in [-0.25, -0.2) is 0 Å². The molecule has 158 valence electrons. The number of nitrogens with zero attached hydrogens (tertiary/aromatic N) is 7. The molecular weight excluding hydrogens is 398 g/mol. The number of methoxy groups -OCH3 is 1. The zero-order valence-corrected chi connectivity index (χ0v) is 16.6. The van der Waals surface area contributed by atoms with Gasteiger partial charge in [-0.2, -0.15) is 10.2 Å². The average Bonchev–Trinajstić information content (AvgIpc) is 3.35. The fourth-order valence-electron chi connectivity index (χ4n) is 2.68. The Labute approximate surface area is 169 Å². The lowest BCUT2D eigenvalue weighted by Gasteiger charge is -2.09. The molecule has 30 heavy (non-hydrogen) atoms. The second kappa shape index (κ2) is 8.02. The lowest BCUT2D eigenvalue weighted by Crippen LogP contribution is -2.23. The van der Waals surface area contributed by atoms with Gasteiger partial charge < -0.3 is 15.4 Å². The summed E-state index contributed by atoms with van der Waals surface area (Å²) in [6.45, 7) is 1.47. The first-order valence-corrected chi connectivity index (χ1v) is 8.59. The second-order valence-electron chi connectivity index (χ2n) is 6.28. The molecule has 3 heterocycles. The summed E-state index contributed by atoms with van der Waals surface area (Å²) in [6, 6.07) is 0. The molecule has 0 spiro atoms. The summed E-state index contributed by atoms with van der Waals surface area (Å²) >= 11 is 0. The Hall–Kier alpha value is -4.23. The Morgan fingerprint density at radius 2 is 1.83 bits per heavy atom. The van der Waals surface area contributed by atoms with E-state index in [0.717, 1.165) is 16.6 Å². The Morgan fingerprint density at radius 3 is 2.40 bits per heavy atom. The van der Waals surface area contributed by atoms with Crippen LogP contribution in [0.2, 0.25) is 0 Å². The maximum atomic E-state index is 12.7. The number of rotatable bonds is 7. The number of amides is 2. The zero-order valence-electron chi connectivity index (χ0n) is 16.6. The number of carbonyl (C=O) groups excluding carboxylic acids is 2. The lowest BCUT2D eigenvalue weighted by molar-refractivity contribution is -0.385. The van der Waals surface area contributed by atoms with Crippen molar-refractivity contribution in [1.82, 2.24) is 29.3 Å². The zero-order chi connectivity index (χ0) is 22.0. The Bertz CT molecular complexity index is 1130. The van der Waals surface area contributed by atoms with Gasteiger partial charge in [0.05, 0.1) is 41.5 Å². The lowest BCUT2D eigenvalue weighted by atomic mass is 10.3. The molecule has 0 aliphatic heterocycles. The van der Waals surface area contributed by atoms with E-state index in [0.29, 0.717) is 5.69 Å². The van der Waals surface area contributed by atoms with E-state index in [2.05, 4.69) is 25.9 Å². The molecule has 14 heteroatoms. The van der Waals surface area contributed by atoms with Gasteiger partial charge in [-0.05, 0) is 6.92 Å². The third kappa shape index (κ3) is 3.96. The Morgan fingerprint density at radius 1 is 1.17 bits per heavy atom. The van der Waals surface area contributed by atoms with E-state index in [9.17, 15) is 19.7 Å². The number of nitrogens with one attached hydrogen (secondary N) is 2. The van der Waals surface area contributed by atoms with Crippen LogP contribution in [0.1, 0.15) is 16.2 Å². The number of anilines is 2. The van der Waals surface area contributed by atoms with Crippen molar-refractivity contribution in [2.75, 3.05) is 17.7 Å². The number of hydrogen-bond acceptors (Lipinski definition) is 8. The minimum Gasteiger partial charge on any atom is -0.475 e. The summed E-state index contributed by atoms with van der Waals surface area (Å²) in [4.78, 5) is 35.4. The highest BCUT2D eigenvalue weighted by molar-refractivity contribution is 6.09. The van der Waals surface area contributed by atoms with Gasteiger partial charge in [0.2, 0.25) is 5.91 Å². The predicted molar refractivity (Wildman–Crippen MR) is 103 cm³/mol. The molecule has 0 aliphatic carbocycles. The van der Waals surface area contributed by atoms with Crippen molar-refractivity contribution >= 4 is 28.9 Å². The SMILES string of the molecule is COc1nn(CC(=O)Nc2cnn(C)c2C(=O)Nc2cnn(C)c2C)cc1[N+](=O)[O-]. The Balaban J connectivity index is 1.75. The van der Waals surface area contributed by atoms with E-state index in [1.54, 1.807) is 25.7 Å². The van der Waals surface area contributed by atoms with Crippen LogP contribution >= 0.6 is 0 Å². The van der Waals surface area contributed by atoms with Crippen LogP contribution in [-0.4, -0.2) is 53.2 Å². The van der Waals surface area contributed by atoms with Gasteiger partial charge in [0.25, 0.3) is 5.91 Å². The molecule has 3 aromatic heterocycles. The summed E-state index contributed by atoms with van der Waals surface area (Å²) in [5.41, 5.74) is 1.21. The number of aromatic nitrogens is 6. The second-order valence-corrected chi connectivity index (χ2v) is 6.28. The van der Waals surface area contributed by atoms with Crippen molar-refractivity contribution in [1.29, 1.82) is 0 Å². The van der Waals surface area contributed by atoms with Gasteiger partial charge in [-0.1, -0.05) is 0 Å². The predicted octanol–water partition coefficient (Wildman–Crippen LogP) is 0.466. The summed E-state index contributed by atoms with van der Waals surface area (Å²) in [7, 11) is 4.54. The maximum absolute atomic E-state index is 12.7. The highest BCUT2D eigenvalue weighted by atomic mass is 16.6. The van der Waals surface area contributed by atoms with E-state index >= 15 is 0 Å². The molecule has 2 amide bonds. The Kier molecular flexibility index (Phi) is 5.48. The topological polar surface area (TPSA) is 164 Å². The molecular formula is C16H19N9O5. The van der Waals surface area contributed by atoms with Crippen molar-refractivity contribution in [3.05, 3.63) is 40.1 Å². The third-order valence-corrected chi connectivity index (χ3v) is 4.32. The molecule has 0 bridgehead atoms. The molecule has 3 rings (SSSR count). The van der Waals surface area contributed by atoms with Gasteiger partial charge in [-0.15, -0.1) is 5.10 Å². The fourth-order valence-corrected chi connectivity index (χ4v) is 2.68. The van der Waals surface area contributed by atoms with Gasteiger partial charge >= 0.3 is 11.6 Å². The van der Waals surface area contributed by atoms with Crippen molar-refractivity contribution in [3.8, 4) is 5.88 Å². The number of aryl methyl sites for hydroxylation is 2. The summed E-state index contributed by atoms with van der Waals surface area (Å²) in [5.74, 6) is -1.26. The minimum absolute atomic E-state index is 0.121. The molecule has 0 saturated carbocycles. The van der Waals surface area contributed by atoms with Crippen LogP contribution in [0.5, 0.6) is 5.88 Å². The van der Waals surface area contributed by atoms with Crippen LogP contribution in [0.25, 0.3) is 0 Å². The van der Waals surface area contributed by atoms with Crippen molar-refractivity contribution in [2.24, 2.45) is 14.1 Å². The van der Waals surface area contributed by atoms with E-state index in [4.69, 9.17) is 4.74 Å². The summed E-state index contributed by atoms with van der Waals surface area (Å²) < 4.78 is 8.83. The molecule has 3 aromatic rings. The monoisotopic (exact) mass is 417 g/mol. The quantitative estimate of drug-likeness (QED) is 0.413. The third-order valence-electron chi connectivity index (χ3n) is 4.32. The van der Waals surface area contributed by atoms with Crippen LogP contribution in [-0.2, 0) is 25.4 Å². The molecule has 0 saturated heterocycles. The first-order valence-electron chi connectivity index (χ1n) is 8.59. The van der Waals surface area contributed by atoms with Crippen molar-refractivity contribution < 1.29 is 19.2 Å². The molecule has 0 radical (unpaired) electrons. The van der Waals surface area contributed by atoms with Crippen LogP contribution in [0.15, 0.2) is 18.6 Å². The number of hydrogen-bond donors (Lipinski definition) is 2. The van der Waals surface area contributed by atoms with Crippen LogP contribution in [0.3, 0.4) is 0 Å². The van der Waals surface area contributed by atoms with Crippen LogP contribution in [0, 0.1) is 17.0 Å². The molecule has 0 aliphatic rings. The normalized spacial score (nSPS) is 10.7. The van der Waals surface area contributed by atoms with E-state index < -0.39 is 16.7 Å². The van der Waals surface area contributed by atoms with Crippen molar-refractivity contribution in [2.45, 2.75) is 13.5 Å². The van der Waals surface area contributed by atoms with E-state index in [1.165, 1.54) is 24.2 Å². The minimum atomic E-state index is -0.662. The van der Waals surface area contributed by atoms with Gasteiger partial charge in [0, 0.05) is 14.1 Å². The number of nitro groups is 1. The molecule has 14 nitrogen and oxygen atoms in total. The molecule has 0 aromatic carbocycles. The first kappa shape index (κ1) is 20.5. The first-order chi connectivity index (χ1) is 14.2. The number of ether oxygens (including phenoxy) is 1. The van der Waals surface area contributed by atoms with Gasteiger partial charge in [0.1, 0.15) is 18.4 Å². The van der Waals surface area contributed by atoms with Gasteiger partial charge in [0.15, 0.2) is 0 Å². The van der Waals surface area contributed by atoms with Crippen molar-refractivity contribution in [3.63, 3.8) is 0 Å². The molecule has 2 N–H and O–H groups in total. The van der Waals surface area contributed by atoms with E-state index in [-0.39, 0.29) is 29.5 Å². The van der Waals surface area contributed by atoms with Crippen LogP contribution in [0.4, 0.5) is 17.1 Å².